The Morgan fingerprint density at radius 3 is 2.67 bits per heavy atom. The average molecular weight is 124 g/mol. The summed E-state index contributed by atoms with van der Waals surface area (Å²) in [7, 11) is 1.98. The number of hydrazone groups is 1. The molecule has 0 aromatic heterocycles. The minimum Gasteiger partial charge on any atom is -0.293 e. The molecule has 9 heavy (non-hydrogen) atoms. The van der Waals surface area contributed by atoms with Gasteiger partial charge in [-0.3, -0.25) is 5.01 Å². The van der Waals surface area contributed by atoms with Gasteiger partial charge in [0, 0.05) is 7.05 Å². The van der Waals surface area contributed by atoms with E-state index in [1.54, 1.807) is 0 Å². The second kappa shape index (κ2) is 2.21. The van der Waals surface area contributed by atoms with Crippen molar-refractivity contribution >= 4 is 6.21 Å². The molecule has 2 nitrogen and oxygen atoms in total. The molecule has 0 saturated carbocycles. The molecule has 0 aromatic carbocycles. The van der Waals surface area contributed by atoms with Crippen LogP contribution in [0.25, 0.3) is 0 Å². The van der Waals surface area contributed by atoms with E-state index in [9.17, 15) is 0 Å². The molecular weight excluding hydrogens is 112 g/mol. The van der Waals surface area contributed by atoms with Gasteiger partial charge in [0.05, 0.1) is 12.3 Å². The smallest absolute Gasteiger partial charge is 0.0700 e. The Kier molecular flexibility index (Phi) is 1.56. The summed E-state index contributed by atoms with van der Waals surface area (Å²) in [6.45, 7) is 4.18. The van der Waals surface area contributed by atoms with E-state index in [0.717, 1.165) is 0 Å². The molecule has 0 aliphatic carbocycles. The van der Waals surface area contributed by atoms with Gasteiger partial charge in [-0.1, -0.05) is 6.08 Å². The summed E-state index contributed by atoms with van der Waals surface area (Å²) in [5.74, 6) is 0. The first kappa shape index (κ1) is 6.33. The zero-order chi connectivity index (χ0) is 6.85. The molecule has 1 atom stereocenters. The van der Waals surface area contributed by atoms with Gasteiger partial charge in [-0.2, -0.15) is 5.10 Å². The second-order valence-electron chi connectivity index (χ2n) is 2.28. The van der Waals surface area contributed by atoms with Gasteiger partial charge in [-0.15, -0.1) is 0 Å². The highest BCUT2D eigenvalue weighted by molar-refractivity contribution is 5.81. The van der Waals surface area contributed by atoms with Gasteiger partial charge in [0.25, 0.3) is 0 Å². The number of nitrogens with zero attached hydrogens (tertiary/aromatic N) is 2. The molecule has 0 aromatic rings. The van der Waals surface area contributed by atoms with Crippen molar-refractivity contribution in [3.8, 4) is 0 Å². The van der Waals surface area contributed by atoms with Crippen molar-refractivity contribution in [3.63, 3.8) is 0 Å². The van der Waals surface area contributed by atoms with Crippen molar-refractivity contribution in [1.29, 1.82) is 0 Å². The largest absolute Gasteiger partial charge is 0.293 e. The zero-order valence-corrected chi connectivity index (χ0v) is 6.13. The maximum absolute atomic E-state index is 4.11. The van der Waals surface area contributed by atoms with Gasteiger partial charge in [-0.25, -0.2) is 0 Å². The van der Waals surface area contributed by atoms with E-state index in [4.69, 9.17) is 0 Å². The Hall–Kier alpha value is -0.790. The molecule has 0 N–H and O–H groups in total. The molecule has 50 valence electrons. The van der Waals surface area contributed by atoms with Crippen molar-refractivity contribution in [1.82, 2.24) is 5.01 Å². The van der Waals surface area contributed by atoms with Crippen LogP contribution in [-0.2, 0) is 0 Å². The van der Waals surface area contributed by atoms with Gasteiger partial charge in [0.2, 0.25) is 0 Å². The van der Waals surface area contributed by atoms with Crippen LogP contribution >= 0.6 is 0 Å². The van der Waals surface area contributed by atoms with Gasteiger partial charge in [0.15, 0.2) is 0 Å². The van der Waals surface area contributed by atoms with Crippen LogP contribution in [0.1, 0.15) is 13.8 Å². The first-order valence-corrected chi connectivity index (χ1v) is 3.18. The predicted molar refractivity (Wildman–Crippen MR) is 39.5 cm³/mol. The van der Waals surface area contributed by atoms with E-state index < -0.39 is 0 Å². The van der Waals surface area contributed by atoms with E-state index in [-0.39, 0.29) is 0 Å². The molecule has 0 saturated heterocycles. The molecule has 1 aliphatic heterocycles. The summed E-state index contributed by atoms with van der Waals surface area (Å²) in [5.41, 5.74) is 1.30. The third-order valence-electron chi connectivity index (χ3n) is 1.77. The maximum Gasteiger partial charge on any atom is 0.0700 e. The summed E-state index contributed by atoms with van der Waals surface area (Å²) in [5, 5.41) is 6.06. The Bertz CT molecular complexity index is 158. The Balaban J connectivity index is 2.74. The highest BCUT2D eigenvalue weighted by Crippen LogP contribution is 2.12. The Morgan fingerprint density at radius 2 is 2.44 bits per heavy atom. The first-order chi connectivity index (χ1) is 4.25. The van der Waals surface area contributed by atoms with E-state index >= 15 is 0 Å². The lowest BCUT2D eigenvalue weighted by atomic mass is 10.1. The van der Waals surface area contributed by atoms with E-state index in [0.29, 0.717) is 6.04 Å². The second-order valence-corrected chi connectivity index (χ2v) is 2.28. The molecule has 1 unspecified atom stereocenters. The average Bonchev–Trinajstić information content (AvgIpc) is 2.15. The van der Waals surface area contributed by atoms with Gasteiger partial charge >= 0.3 is 0 Å². The van der Waals surface area contributed by atoms with Crippen LogP contribution < -0.4 is 0 Å². The van der Waals surface area contributed by atoms with Gasteiger partial charge in [0.1, 0.15) is 0 Å². The lowest BCUT2D eigenvalue weighted by Gasteiger charge is -2.13. The Labute approximate surface area is 55.9 Å². The molecule has 1 rings (SSSR count). The normalized spacial score (nSPS) is 30.3. The molecule has 1 heterocycles. The standard InChI is InChI=1S/C7H12N2/c1-4-7-5-8-9(3)6(7)2/h4-6H,1-3H3/b7-4-. The minimum absolute atomic E-state index is 0.468. The van der Waals surface area contributed by atoms with Gasteiger partial charge < -0.3 is 0 Å². The van der Waals surface area contributed by atoms with E-state index in [1.165, 1.54) is 5.57 Å². The van der Waals surface area contributed by atoms with Crippen LogP contribution in [0.4, 0.5) is 0 Å². The maximum atomic E-state index is 4.11. The molecule has 0 bridgehead atoms. The van der Waals surface area contributed by atoms with Crippen LogP contribution in [0, 0.1) is 0 Å². The van der Waals surface area contributed by atoms with E-state index in [2.05, 4.69) is 18.1 Å². The van der Waals surface area contributed by atoms with Crippen molar-refractivity contribution in [2.75, 3.05) is 7.05 Å². The minimum atomic E-state index is 0.468. The SMILES string of the molecule is C/C=C1/C=NN(C)C1C. The molecular formula is C7H12N2. The lowest BCUT2D eigenvalue weighted by Crippen LogP contribution is -2.19. The molecule has 1 aliphatic rings. The van der Waals surface area contributed by atoms with E-state index in [1.807, 2.05) is 25.2 Å². The third-order valence-corrected chi connectivity index (χ3v) is 1.77. The van der Waals surface area contributed by atoms with Crippen molar-refractivity contribution in [2.24, 2.45) is 5.10 Å². The Morgan fingerprint density at radius 1 is 1.78 bits per heavy atom. The molecule has 0 spiro atoms. The van der Waals surface area contributed by atoms with Crippen LogP contribution in [0.3, 0.4) is 0 Å². The first-order valence-electron chi connectivity index (χ1n) is 3.18. The highest BCUT2D eigenvalue weighted by Gasteiger charge is 2.14. The van der Waals surface area contributed by atoms with Gasteiger partial charge in [-0.05, 0) is 19.4 Å². The monoisotopic (exact) mass is 124 g/mol. The van der Waals surface area contributed by atoms with Crippen LogP contribution in [-0.4, -0.2) is 24.3 Å². The van der Waals surface area contributed by atoms with Crippen molar-refractivity contribution < 1.29 is 0 Å². The van der Waals surface area contributed by atoms with Crippen molar-refractivity contribution in [3.05, 3.63) is 11.6 Å². The highest BCUT2D eigenvalue weighted by atomic mass is 15.5. The molecule has 0 radical (unpaired) electrons. The molecule has 0 fully saturated rings. The number of likely N-dealkylation sites (N-methyl/N-ethyl adjacent to an activating group) is 1. The fraction of sp³-hybridized carbons (Fsp3) is 0.571. The summed E-state index contributed by atoms with van der Waals surface area (Å²) in [6, 6.07) is 0.468. The van der Waals surface area contributed by atoms with Crippen LogP contribution in [0.5, 0.6) is 0 Å². The quantitative estimate of drug-likeness (QED) is 0.474. The fourth-order valence-corrected chi connectivity index (χ4v) is 0.897. The molecule has 2 heteroatoms. The van der Waals surface area contributed by atoms with Crippen LogP contribution in [0.15, 0.2) is 16.8 Å². The predicted octanol–water partition coefficient (Wildman–Crippen LogP) is 1.25. The van der Waals surface area contributed by atoms with Crippen LogP contribution in [0.2, 0.25) is 0 Å². The number of hydrogen-bond donors (Lipinski definition) is 0. The number of hydrogen-bond acceptors (Lipinski definition) is 2. The number of rotatable bonds is 0. The topological polar surface area (TPSA) is 15.6 Å². The summed E-state index contributed by atoms with van der Waals surface area (Å²) >= 11 is 0. The lowest BCUT2D eigenvalue weighted by molar-refractivity contribution is 0.327. The summed E-state index contributed by atoms with van der Waals surface area (Å²) < 4.78 is 0. The zero-order valence-electron chi connectivity index (χ0n) is 6.13. The number of allylic oxidation sites excluding steroid dienone is 1. The van der Waals surface area contributed by atoms with Crippen molar-refractivity contribution in [2.45, 2.75) is 19.9 Å². The summed E-state index contributed by atoms with van der Waals surface area (Å²) in [6.07, 6.45) is 4.00. The summed E-state index contributed by atoms with van der Waals surface area (Å²) in [4.78, 5) is 0. The third kappa shape index (κ3) is 0.969. The fourth-order valence-electron chi connectivity index (χ4n) is 0.897. The molecule has 0 amide bonds.